The summed E-state index contributed by atoms with van der Waals surface area (Å²) in [6.45, 7) is 4.98. The molecule has 4 heteroatoms. The molecule has 0 bridgehead atoms. The van der Waals surface area contributed by atoms with Gasteiger partial charge in [0, 0.05) is 15.9 Å². The van der Waals surface area contributed by atoms with E-state index in [4.69, 9.17) is 0 Å². The molecule has 0 aliphatic rings. The second-order valence-corrected chi connectivity index (χ2v) is 5.47. The molecule has 88 valence electrons. The molecule has 1 aromatic carbocycles. The maximum Gasteiger partial charge on any atom is 0.252 e. The molecular weight excluding hydrogens is 286 g/mol. The Labute approximate surface area is 110 Å². The van der Waals surface area contributed by atoms with Gasteiger partial charge >= 0.3 is 0 Å². The molecule has 0 spiro atoms. The van der Waals surface area contributed by atoms with Gasteiger partial charge in [-0.25, -0.2) is 0 Å². The summed E-state index contributed by atoms with van der Waals surface area (Å²) in [5.74, 6) is 0.545. The van der Waals surface area contributed by atoms with Crippen molar-refractivity contribution in [3.05, 3.63) is 28.2 Å². The van der Waals surface area contributed by atoms with E-state index in [1.54, 1.807) is 6.07 Å². The Kier molecular flexibility index (Phi) is 5.35. The van der Waals surface area contributed by atoms with E-state index in [-0.39, 0.29) is 5.91 Å². The summed E-state index contributed by atoms with van der Waals surface area (Å²) in [6, 6.07) is 5.44. The van der Waals surface area contributed by atoms with Crippen molar-refractivity contribution in [3.63, 3.8) is 0 Å². The summed E-state index contributed by atoms with van der Waals surface area (Å²) in [7, 11) is 0. The minimum absolute atomic E-state index is 0.0524. The van der Waals surface area contributed by atoms with Crippen molar-refractivity contribution in [1.29, 1.82) is 0 Å². The van der Waals surface area contributed by atoms with Crippen LogP contribution in [0, 0.1) is 5.92 Å². The van der Waals surface area contributed by atoms with Crippen LogP contribution in [-0.4, -0.2) is 12.5 Å². The number of hydrogen-bond acceptors (Lipinski definition) is 2. The van der Waals surface area contributed by atoms with E-state index in [1.165, 1.54) is 0 Å². The van der Waals surface area contributed by atoms with Gasteiger partial charge < -0.3 is 5.32 Å². The number of hydrogen-bond donors (Lipinski definition) is 2. The molecule has 1 rings (SSSR count). The van der Waals surface area contributed by atoms with E-state index in [9.17, 15) is 4.79 Å². The molecule has 1 N–H and O–H groups in total. The number of nitrogens with one attached hydrogen (secondary N) is 1. The molecule has 2 nitrogen and oxygen atoms in total. The topological polar surface area (TPSA) is 29.1 Å². The van der Waals surface area contributed by atoms with Crippen molar-refractivity contribution in [1.82, 2.24) is 5.32 Å². The van der Waals surface area contributed by atoms with Gasteiger partial charge in [0.15, 0.2) is 0 Å². The molecule has 1 amide bonds. The quantitative estimate of drug-likeness (QED) is 0.819. The van der Waals surface area contributed by atoms with Crippen LogP contribution in [0.2, 0.25) is 0 Å². The van der Waals surface area contributed by atoms with Gasteiger partial charge in [0.25, 0.3) is 5.91 Å². The van der Waals surface area contributed by atoms with E-state index >= 15 is 0 Å². The van der Waals surface area contributed by atoms with Crippen LogP contribution in [0.25, 0.3) is 0 Å². The normalized spacial score (nSPS) is 10.6. The molecule has 0 aliphatic carbocycles. The molecule has 0 atom stereocenters. The first-order chi connectivity index (χ1) is 7.50. The van der Waals surface area contributed by atoms with Crippen molar-refractivity contribution >= 4 is 34.5 Å². The third-order valence-corrected chi connectivity index (χ3v) is 3.17. The van der Waals surface area contributed by atoms with Gasteiger partial charge in [-0.1, -0.05) is 13.8 Å². The standard InChI is InChI=1S/C12H16BrNOS/c1-8(2)5-6-14-12(15)10-7-9(16)3-4-11(10)13/h3-4,7-8,16H,5-6H2,1-2H3,(H,14,15). The van der Waals surface area contributed by atoms with Crippen LogP contribution in [-0.2, 0) is 0 Å². The monoisotopic (exact) mass is 301 g/mol. The number of thiol groups is 1. The highest BCUT2D eigenvalue weighted by Gasteiger charge is 2.09. The van der Waals surface area contributed by atoms with E-state index in [0.29, 0.717) is 18.0 Å². The van der Waals surface area contributed by atoms with Crippen LogP contribution in [0.5, 0.6) is 0 Å². The first-order valence-electron chi connectivity index (χ1n) is 5.27. The SMILES string of the molecule is CC(C)CCNC(=O)c1cc(S)ccc1Br. The molecule has 0 unspecified atom stereocenters. The van der Waals surface area contributed by atoms with Gasteiger partial charge in [0.2, 0.25) is 0 Å². The van der Waals surface area contributed by atoms with Crippen molar-refractivity contribution < 1.29 is 4.79 Å². The number of benzene rings is 1. The third kappa shape index (κ3) is 4.18. The minimum Gasteiger partial charge on any atom is -0.352 e. The zero-order valence-electron chi connectivity index (χ0n) is 9.46. The zero-order chi connectivity index (χ0) is 12.1. The fourth-order valence-electron chi connectivity index (χ4n) is 1.26. The Balaban J connectivity index is 2.62. The number of halogens is 1. The number of carbonyl (C=O) groups excluding carboxylic acids is 1. The molecule has 0 saturated carbocycles. The molecule has 0 fully saturated rings. The van der Waals surface area contributed by atoms with Gasteiger partial charge in [0.05, 0.1) is 5.56 Å². The Hall–Kier alpha value is -0.480. The number of carbonyl (C=O) groups is 1. The Morgan fingerprint density at radius 3 is 2.81 bits per heavy atom. The van der Waals surface area contributed by atoms with E-state index in [2.05, 4.69) is 47.7 Å². The number of rotatable bonds is 4. The van der Waals surface area contributed by atoms with E-state index in [0.717, 1.165) is 15.8 Å². The van der Waals surface area contributed by atoms with E-state index < -0.39 is 0 Å². The van der Waals surface area contributed by atoms with Crippen LogP contribution in [0.1, 0.15) is 30.6 Å². The lowest BCUT2D eigenvalue weighted by Gasteiger charge is -2.08. The summed E-state index contributed by atoms with van der Waals surface area (Å²) in [5, 5.41) is 2.90. The largest absolute Gasteiger partial charge is 0.352 e. The van der Waals surface area contributed by atoms with E-state index in [1.807, 2.05) is 12.1 Å². The average molecular weight is 302 g/mol. The molecule has 1 aromatic rings. The van der Waals surface area contributed by atoms with Crippen molar-refractivity contribution in [2.24, 2.45) is 5.92 Å². The summed E-state index contributed by atoms with van der Waals surface area (Å²) in [6.07, 6.45) is 0.990. The highest BCUT2D eigenvalue weighted by Crippen LogP contribution is 2.20. The van der Waals surface area contributed by atoms with Crippen molar-refractivity contribution in [2.75, 3.05) is 6.54 Å². The van der Waals surface area contributed by atoms with Gasteiger partial charge in [0.1, 0.15) is 0 Å². The van der Waals surface area contributed by atoms with Gasteiger partial charge in [-0.15, -0.1) is 12.6 Å². The molecule has 16 heavy (non-hydrogen) atoms. The predicted octanol–water partition coefficient (Wildman–Crippen LogP) is 3.51. The van der Waals surface area contributed by atoms with Crippen LogP contribution >= 0.6 is 28.6 Å². The van der Waals surface area contributed by atoms with Crippen molar-refractivity contribution in [2.45, 2.75) is 25.2 Å². The molecule has 0 aliphatic heterocycles. The highest BCUT2D eigenvalue weighted by molar-refractivity contribution is 9.10. The summed E-state index contributed by atoms with van der Waals surface area (Å²) in [4.78, 5) is 12.6. The second-order valence-electron chi connectivity index (χ2n) is 4.10. The Bertz CT molecular complexity index is 379. The fraction of sp³-hybridized carbons (Fsp3) is 0.417. The first-order valence-corrected chi connectivity index (χ1v) is 6.51. The maximum atomic E-state index is 11.8. The van der Waals surface area contributed by atoms with Crippen LogP contribution in [0.15, 0.2) is 27.6 Å². The highest BCUT2D eigenvalue weighted by atomic mass is 79.9. The Morgan fingerprint density at radius 1 is 1.50 bits per heavy atom. The predicted molar refractivity (Wildman–Crippen MR) is 73.2 cm³/mol. The van der Waals surface area contributed by atoms with Gasteiger partial charge in [-0.3, -0.25) is 4.79 Å². The molecule has 0 saturated heterocycles. The lowest BCUT2D eigenvalue weighted by Crippen LogP contribution is -2.25. The van der Waals surface area contributed by atoms with Crippen molar-refractivity contribution in [3.8, 4) is 0 Å². The summed E-state index contributed by atoms with van der Waals surface area (Å²) >= 11 is 7.58. The summed E-state index contributed by atoms with van der Waals surface area (Å²) < 4.78 is 0.798. The first kappa shape index (κ1) is 13.6. The third-order valence-electron chi connectivity index (χ3n) is 2.20. The molecular formula is C12H16BrNOS. The second kappa shape index (κ2) is 6.30. The molecule has 0 aromatic heterocycles. The van der Waals surface area contributed by atoms with Crippen LogP contribution in [0.3, 0.4) is 0 Å². The molecule has 0 heterocycles. The van der Waals surface area contributed by atoms with Crippen LogP contribution in [0.4, 0.5) is 0 Å². The van der Waals surface area contributed by atoms with Gasteiger partial charge in [-0.05, 0) is 46.5 Å². The minimum atomic E-state index is -0.0524. The van der Waals surface area contributed by atoms with Crippen LogP contribution < -0.4 is 5.32 Å². The average Bonchev–Trinajstić information content (AvgIpc) is 2.21. The van der Waals surface area contributed by atoms with Gasteiger partial charge in [-0.2, -0.15) is 0 Å². The smallest absolute Gasteiger partial charge is 0.252 e. The number of amides is 1. The Morgan fingerprint density at radius 2 is 2.19 bits per heavy atom. The fourth-order valence-corrected chi connectivity index (χ4v) is 1.89. The summed E-state index contributed by atoms with van der Waals surface area (Å²) in [5.41, 5.74) is 0.635. The zero-order valence-corrected chi connectivity index (χ0v) is 11.9. The lowest BCUT2D eigenvalue weighted by molar-refractivity contribution is 0.0951. The molecule has 0 radical (unpaired) electrons. The lowest BCUT2D eigenvalue weighted by atomic mass is 10.1. The maximum absolute atomic E-state index is 11.8.